The first-order valence-electron chi connectivity index (χ1n) is 9.40. The highest BCUT2D eigenvalue weighted by atomic mass is 35.5. The molecule has 0 bridgehead atoms. The quantitative estimate of drug-likeness (QED) is 0.470. The minimum Gasteiger partial charge on any atom is -0.420 e. The van der Waals surface area contributed by atoms with Crippen LogP contribution in [0.25, 0.3) is 11.1 Å². The van der Waals surface area contributed by atoms with E-state index in [1.807, 2.05) is 0 Å². The van der Waals surface area contributed by atoms with Crippen LogP contribution >= 0.6 is 11.6 Å². The van der Waals surface area contributed by atoms with Crippen LogP contribution in [0.5, 0.6) is 5.75 Å². The molecule has 1 fully saturated rings. The van der Waals surface area contributed by atoms with Crippen molar-refractivity contribution in [2.24, 2.45) is 5.92 Å². The summed E-state index contributed by atoms with van der Waals surface area (Å²) in [5.74, 6) is 1.63. The maximum absolute atomic E-state index is 12.7. The number of halogens is 3. The van der Waals surface area contributed by atoms with Crippen molar-refractivity contribution in [1.29, 1.82) is 0 Å². The van der Waals surface area contributed by atoms with Gasteiger partial charge < -0.3 is 4.74 Å². The molecule has 0 heterocycles. The molecule has 0 aliphatic heterocycles. The van der Waals surface area contributed by atoms with Crippen LogP contribution in [0.15, 0.2) is 48.5 Å². The van der Waals surface area contributed by atoms with Crippen LogP contribution in [0.3, 0.4) is 0 Å². The third kappa shape index (κ3) is 5.20. The summed E-state index contributed by atoms with van der Waals surface area (Å²) in [6.45, 7) is 2.27. The Balaban J connectivity index is 1.63. The van der Waals surface area contributed by atoms with Gasteiger partial charge in [0.25, 0.3) is 0 Å². The number of hydrogen-bond acceptors (Lipinski definition) is 1. The van der Waals surface area contributed by atoms with E-state index in [1.165, 1.54) is 56.2 Å². The summed E-state index contributed by atoms with van der Waals surface area (Å²) in [7, 11) is 0. The monoisotopic (exact) mass is 378 g/mol. The summed E-state index contributed by atoms with van der Waals surface area (Å²) in [5.41, 5.74) is -0.240. The minimum absolute atomic E-state index is 0.0502. The van der Waals surface area contributed by atoms with Gasteiger partial charge in [-0.25, -0.2) is 0 Å². The molecule has 0 saturated heterocycles. The summed E-state index contributed by atoms with van der Waals surface area (Å²) in [4.78, 5) is 0. The molecule has 0 N–H and O–H groups in total. The molecule has 4 heteroatoms. The van der Waals surface area contributed by atoms with E-state index in [0.29, 0.717) is 5.92 Å². The maximum atomic E-state index is 12.7. The van der Waals surface area contributed by atoms with Crippen molar-refractivity contribution in [3.8, 4) is 16.9 Å². The first-order chi connectivity index (χ1) is 12.4. The van der Waals surface area contributed by atoms with Crippen LogP contribution in [0.2, 0.25) is 0 Å². The van der Waals surface area contributed by atoms with Gasteiger partial charge in [0.2, 0.25) is 0 Å². The minimum atomic E-state index is -3.68. The topological polar surface area (TPSA) is 9.23 Å². The van der Waals surface area contributed by atoms with Gasteiger partial charge in [0.1, 0.15) is 5.75 Å². The Morgan fingerprint density at radius 1 is 0.923 bits per heavy atom. The standard InChI is InChI=1S/C22H25ClF2O/c1-2-3-16-4-6-17(7-5-16)18-8-10-19(11-9-18)20-12-14-21(15-13-20)26-22(23,24)25/h8-17H,2-7H2,1H3. The summed E-state index contributed by atoms with van der Waals surface area (Å²) in [6.07, 6.45) is 7.89. The predicted molar refractivity (Wildman–Crippen MR) is 103 cm³/mol. The number of alkyl halides is 3. The second-order valence-corrected chi connectivity index (χ2v) is 7.64. The second-order valence-electron chi connectivity index (χ2n) is 7.20. The van der Waals surface area contributed by atoms with Crippen LogP contribution in [0, 0.1) is 5.92 Å². The van der Waals surface area contributed by atoms with Crippen LogP contribution in [-0.2, 0) is 0 Å². The maximum Gasteiger partial charge on any atom is 0.487 e. The molecule has 26 heavy (non-hydrogen) atoms. The Hall–Kier alpha value is -1.61. The van der Waals surface area contributed by atoms with E-state index in [2.05, 4.69) is 35.9 Å². The van der Waals surface area contributed by atoms with Gasteiger partial charge in [-0.15, -0.1) is 8.78 Å². The highest BCUT2D eigenvalue weighted by molar-refractivity contribution is 6.20. The Morgan fingerprint density at radius 3 is 1.96 bits per heavy atom. The summed E-state index contributed by atoms with van der Waals surface area (Å²) < 4.78 is 29.7. The van der Waals surface area contributed by atoms with Gasteiger partial charge in [-0.1, -0.05) is 56.2 Å². The van der Waals surface area contributed by atoms with Gasteiger partial charge in [0.05, 0.1) is 0 Å². The van der Waals surface area contributed by atoms with Crippen molar-refractivity contribution >= 4 is 11.6 Å². The molecule has 1 saturated carbocycles. The summed E-state index contributed by atoms with van der Waals surface area (Å²) in [5, 5.41) is 0. The fourth-order valence-corrected chi connectivity index (χ4v) is 4.08. The molecule has 1 aliphatic rings. The van der Waals surface area contributed by atoms with Gasteiger partial charge in [0.15, 0.2) is 0 Å². The van der Waals surface area contributed by atoms with E-state index >= 15 is 0 Å². The van der Waals surface area contributed by atoms with E-state index < -0.39 is 5.57 Å². The highest BCUT2D eigenvalue weighted by Crippen LogP contribution is 2.38. The molecule has 2 aromatic carbocycles. The average molecular weight is 379 g/mol. The Labute approximate surface area is 159 Å². The first kappa shape index (κ1) is 19.2. The third-order valence-corrected chi connectivity index (χ3v) is 5.42. The molecule has 0 unspecified atom stereocenters. The molecule has 0 amide bonds. The van der Waals surface area contributed by atoms with Crippen LogP contribution < -0.4 is 4.74 Å². The lowest BCUT2D eigenvalue weighted by molar-refractivity contribution is -0.0964. The van der Waals surface area contributed by atoms with Crippen LogP contribution in [0.1, 0.15) is 56.9 Å². The zero-order chi connectivity index (χ0) is 18.6. The number of hydrogen-bond donors (Lipinski definition) is 0. The average Bonchev–Trinajstić information content (AvgIpc) is 2.62. The lowest BCUT2D eigenvalue weighted by Gasteiger charge is -2.28. The molecule has 0 radical (unpaired) electrons. The van der Waals surface area contributed by atoms with Crippen LogP contribution in [0.4, 0.5) is 8.78 Å². The zero-order valence-corrected chi connectivity index (χ0v) is 15.8. The molecule has 0 aromatic heterocycles. The Bertz CT molecular complexity index is 684. The molecular formula is C22H25ClF2O. The second kappa shape index (κ2) is 8.39. The summed E-state index contributed by atoms with van der Waals surface area (Å²) in [6, 6.07) is 15.2. The van der Waals surface area contributed by atoms with Gasteiger partial charge in [-0.3, -0.25) is 0 Å². The van der Waals surface area contributed by atoms with Crippen molar-refractivity contribution in [3.63, 3.8) is 0 Å². The molecule has 1 aliphatic carbocycles. The lowest BCUT2D eigenvalue weighted by atomic mass is 9.77. The largest absolute Gasteiger partial charge is 0.487 e. The normalized spacial score (nSPS) is 20.8. The molecule has 140 valence electrons. The molecule has 3 rings (SSSR count). The summed E-state index contributed by atoms with van der Waals surface area (Å²) >= 11 is 4.79. The smallest absolute Gasteiger partial charge is 0.420 e. The predicted octanol–water partition coefficient (Wildman–Crippen LogP) is 7.60. The van der Waals surface area contributed by atoms with Crippen molar-refractivity contribution in [3.05, 3.63) is 54.1 Å². The fraction of sp³-hybridized carbons (Fsp3) is 0.455. The SMILES string of the molecule is CCCC1CCC(c2ccc(-c3ccc(OC(F)(F)Cl)cc3)cc2)CC1. The Kier molecular flexibility index (Phi) is 6.18. The van der Waals surface area contributed by atoms with E-state index in [-0.39, 0.29) is 5.75 Å². The molecule has 0 atom stereocenters. The van der Waals surface area contributed by atoms with E-state index in [1.54, 1.807) is 12.1 Å². The van der Waals surface area contributed by atoms with Gasteiger partial charge >= 0.3 is 5.57 Å². The first-order valence-corrected chi connectivity index (χ1v) is 9.78. The van der Waals surface area contributed by atoms with Crippen LogP contribution in [-0.4, -0.2) is 5.57 Å². The molecular weight excluding hydrogens is 354 g/mol. The number of ether oxygens (including phenoxy) is 1. The molecule has 0 spiro atoms. The van der Waals surface area contributed by atoms with E-state index in [0.717, 1.165) is 17.0 Å². The molecule has 2 aromatic rings. The van der Waals surface area contributed by atoms with Crippen molar-refractivity contribution in [1.82, 2.24) is 0 Å². The number of rotatable bonds is 6. The lowest BCUT2D eigenvalue weighted by Crippen LogP contribution is -2.15. The number of benzene rings is 2. The highest BCUT2D eigenvalue weighted by Gasteiger charge is 2.27. The van der Waals surface area contributed by atoms with Crippen molar-refractivity contribution in [2.45, 2.75) is 56.9 Å². The van der Waals surface area contributed by atoms with Crippen molar-refractivity contribution < 1.29 is 13.5 Å². The molecule has 1 nitrogen and oxygen atoms in total. The zero-order valence-electron chi connectivity index (χ0n) is 15.1. The fourth-order valence-electron chi connectivity index (χ4n) is 3.99. The third-order valence-electron chi connectivity index (χ3n) is 5.35. The van der Waals surface area contributed by atoms with Crippen molar-refractivity contribution in [2.75, 3.05) is 0 Å². The van der Waals surface area contributed by atoms with E-state index in [9.17, 15) is 8.78 Å². The van der Waals surface area contributed by atoms with Gasteiger partial charge in [-0.2, -0.15) is 0 Å². The van der Waals surface area contributed by atoms with E-state index in [4.69, 9.17) is 11.6 Å². The Morgan fingerprint density at radius 2 is 1.46 bits per heavy atom. The van der Waals surface area contributed by atoms with Gasteiger partial charge in [0, 0.05) is 11.6 Å². The van der Waals surface area contributed by atoms with Gasteiger partial charge in [-0.05, 0) is 66.3 Å².